The summed E-state index contributed by atoms with van der Waals surface area (Å²) in [5, 5.41) is 14.7. The van der Waals surface area contributed by atoms with Crippen molar-refractivity contribution in [1.29, 1.82) is 0 Å². The summed E-state index contributed by atoms with van der Waals surface area (Å²) in [5.74, 6) is -0.739. The molecule has 174 valence electrons. The molecular weight excluding hydrogens is 428 g/mol. The molecule has 1 unspecified atom stereocenters. The summed E-state index contributed by atoms with van der Waals surface area (Å²) in [5.41, 5.74) is 9.08. The van der Waals surface area contributed by atoms with E-state index in [0.717, 1.165) is 11.3 Å². The van der Waals surface area contributed by atoms with Gasteiger partial charge >= 0.3 is 0 Å². The van der Waals surface area contributed by atoms with Crippen molar-refractivity contribution in [1.82, 2.24) is 4.57 Å². The first-order valence-corrected chi connectivity index (χ1v) is 11.0. The molecule has 0 fully saturated rings. The van der Waals surface area contributed by atoms with Crippen molar-refractivity contribution >= 4 is 33.7 Å². The summed E-state index contributed by atoms with van der Waals surface area (Å²) in [7, 11) is 5.51. The van der Waals surface area contributed by atoms with Gasteiger partial charge in [-0.3, -0.25) is 9.59 Å². The number of carbonyl (C=O) groups is 1. The molecule has 1 aromatic heterocycles. The van der Waals surface area contributed by atoms with Gasteiger partial charge < -0.3 is 25.6 Å². The highest BCUT2D eigenvalue weighted by atomic mass is 16.3. The lowest BCUT2D eigenvalue weighted by atomic mass is 9.96. The van der Waals surface area contributed by atoms with Gasteiger partial charge in [-0.2, -0.15) is 0 Å². The van der Waals surface area contributed by atoms with Gasteiger partial charge in [0.05, 0.1) is 22.9 Å². The molecule has 34 heavy (non-hydrogen) atoms. The summed E-state index contributed by atoms with van der Waals surface area (Å²) in [4.78, 5) is 28.5. The van der Waals surface area contributed by atoms with Crippen LogP contribution in [-0.4, -0.2) is 29.6 Å². The van der Waals surface area contributed by atoms with E-state index in [0.29, 0.717) is 22.3 Å². The topological polar surface area (TPSA) is 101 Å². The van der Waals surface area contributed by atoms with Gasteiger partial charge in [0.1, 0.15) is 11.3 Å². The second kappa shape index (κ2) is 9.31. The molecule has 0 radical (unpaired) electrons. The number of benzene rings is 3. The van der Waals surface area contributed by atoms with Crippen molar-refractivity contribution in [3.05, 3.63) is 94.3 Å². The number of anilines is 3. The number of Topliss-reactive ketones (excluding diaryl/α,β-unsaturated/α-hetero) is 1. The number of carbonyl (C=O) groups excluding carboxylic acids is 1. The molecule has 4 aromatic rings. The smallest absolute Gasteiger partial charge is 0.265 e. The number of nitrogens with zero attached hydrogens (tertiary/aromatic N) is 2. The Morgan fingerprint density at radius 2 is 1.68 bits per heavy atom. The lowest BCUT2D eigenvalue weighted by Crippen LogP contribution is -2.27. The molecule has 4 rings (SSSR count). The van der Waals surface area contributed by atoms with Crippen LogP contribution in [0.4, 0.5) is 17.1 Å². The molecule has 1 heterocycles. The van der Waals surface area contributed by atoms with Crippen molar-refractivity contribution in [3.63, 3.8) is 0 Å². The molecule has 1 atom stereocenters. The van der Waals surface area contributed by atoms with E-state index < -0.39 is 17.4 Å². The normalized spacial score (nSPS) is 11.9. The molecule has 7 nitrogen and oxygen atoms in total. The molecule has 0 aliphatic rings. The van der Waals surface area contributed by atoms with Gasteiger partial charge in [-0.25, -0.2) is 0 Å². The minimum absolute atomic E-state index is 0.0449. The first-order chi connectivity index (χ1) is 16.3. The zero-order valence-corrected chi connectivity index (χ0v) is 19.4. The zero-order valence-electron chi connectivity index (χ0n) is 19.4. The minimum Gasteiger partial charge on any atom is -0.506 e. The number of nitrogen functional groups attached to an aromatic ring is 1. The van der Waals surface area contributed by atoms with E-state index in [-0.39, 0.29) is 17.7 Å². The van der Waals surface area contributed by atoms with Gasteiger partial charge in [0, 0.05) is 38.6 Å². The summed E-state index contributed by atoms with van der Waals surface area (Å²) < 4.78 is 1.39. The maximum atomic E-state index is 13.5. The maximum Gasteiger partial charge on any atom is 0.265 e. The van der Waals surface area contributed by atoms with E-state index in [4.69, 9.17) is 5.73 Å². The third kappa shape index (κ3) is 4.32. The number of hydrogen-bond donors (Lipinski definition) is 3. The number of pyridine rings is 1. The molecule has 0 saturated carbocycles. The van der Waals surface area contributed by atoms with Crippen LogP contribution in [0.25, 0.3) is 10.9 Å². The Labute approximate surface area is 198 Å². The molecule has 0 spiro atoms. The molecule has 7 heteroatoms. The van der Waals surface area contributed by atoms with Crippen LogP contribution in [0.2, 0.25) is 0 Å². The van der Waals surface area contributed by atoms with Crippen LogP contribution in [0.1, 0.15) is 28.4 Å². The molecule has 0 amide bonds. The van der Waals surface area contributed by atoms with Crippen molar-refractivity contribution in [2.24, 2.45) is 7.05 Å². The highest BCUT2D eigenvalue weighted by Gasteiger charge is 2.25. The fourth-order valence-corrected chi connectivity index (χ4v) is 4.09. The van der Waals surface area contributed by atoms with Crippen LogP contribution in [0, 0.1) is 0 Å². The number of nitrogens with one attached hydrogen (secondary N) is 1. The molecule has 0 aliphatic heterocycles. The monoisotopic (exact) mass is 456 g/mol. The van der Waals surface area contributed by atoms with Gasteiger partial charge in [0.25, 0.3) is 5.56 Å². The van der Waals surface area contributed by atoms with Crippen LogP contribution < -0.4 is 21.5 Å². The highest BCUT2D eigenvalue weighted by molar-refractivity contribution is 6.03. The van der Waals surface area contributed by atoms with E-state index in [1.165, 1.54) is 4.57 Å². The Kier molecular flexibility index (Phi) is 6.27. The van der Waals surface area contributed by atoms with Crippen LogP contribution in [0.15, 0.2) is 77.6 Å². The predicted molar refractivity (Wildman–Crippen MR) is 138 cm³/mol. The second-order valence-corrected chi connectivity index (χ2v) is 8.50. The Morgan fingerprint density at radius 1 is 1.03 bits per heavy atom. The Bertz CT molecular complexity index is 1410. The van der Waals surface area contributed by atoms with Crippen molar-refractivity contribution < 1.29 is 9.90 Å². The van der Waals surface area contributed by atoms with Crippen LogP contribution >= 0.6 is 0 Å². The lowest BCUT2D eigenvalue weighted by molar-refractivity contribution is 0.0972. The molecule has 4 N–H and O–H groups in total. The van der Waals surface area contributed by atoms with Gasteiger partial charge in [-0.15, -0.1) is 0 Å². The second-order valence-electron chi connectivity index (χ2n) is 8.50. The number of aryl methyl sites for hydroxylation is 1. The van der Waals surface area contributed by atoms with Crippen molar-refractivity contribution in [3.8, 4) is 5.75 Å². The standard InChI is InChI=1S/C27H28N4O3/c1-30(2)18-14-12-17(13-15-18)22(29-21-10-6-5-9-20(21)28)16-24(32)25-26(33)19-8-4-7-11-23(19)31(3)27(25)34/h4-15,22,29,33H,16,28H2,1-3H3. The first-order valence-electron chi connectivity index (χ1n) is 11.0. The van der Waals surface area contributed by atoms with Crippen LogP contribution in [-0.2, 0) is 7.05 Å². The Balaban J connectivity index is 1.75. The van der Waals surface area contributed by atoms with Gasteiger partial charge in [-0.1, -0.05) is 36.4 Å². The molecular formula is C27H28N4O3. The van der Waals surface area contributed by atoms with Crippen LogP contribution in [0.5, 0.6) is 5.75 Å². The summed E-state index contributed by atoms with van der Waals surface area (Å²) in [6.45, 7) is 0. The molecule has 0 saturated heterocycles. The number of fused-ring (bicyclic) bond motifs is 1. The Morgan fingerprint density at radius 3 is 2.35 bits per heavy atom. The predicted octanol–water partition coefficient (Wildman–Crippen LogP) is 4.32. The average Bonchev–Trinajstić information content (AvgIpc) is 2.83. The number of para-hydroxylation sites is 3. The van der Waals surface area contributed by atoms with E-state index in [2.05, 4.69) is 5.32 Å². The maximum absolute atomic E-state index is 13.5. The number of aromatic hydroxyl groups is 1. The quantitative estimate of drug-likeness (QED) is 0.283. The van der Waals surface area contributed by atoms with Crippen molar-refractivity contribution in [2.75, 3.05) is 30.0 Å². The zero-order chi connectivity index (χ0) is 24.4. The largest absolute Gasteiger partial charge is 0.506 e. The number of hydrogen-bond acceptors (Lipinski definition) is 6. The minimum atomic E-state index is -0.526. The lowest BCUT2D eigenvalue weighted by Gasteiger charge is -2.22. The first kappa shape index (κ1) is 22.9. The highest BCUT2D eigenvalue weighted by Crippen LogP contribution is 2.31. The average molecular weight is 457 g/mol. The number of rotatable bonds is 7. The summed E-state index contributed by atoms with van der Waals surface area (Å²) >= 11 is 0. The molecule has 0 aliphatic carbocycles. The summed E-state index contributed by atoms with van der Waals surface area (Å²) in [6.07, 6.45) is -0.0449. The fourth-order valence-electron chi connectivity index (χ4n) is 4.09. The number of ketones is 1. The summed E-state index contributed by atoms with van der Waals surface area (Å²) in [6, 6.07) is 21.6. The van der Waals surface area contributed by atoms with Crippen LogP contribution in [0.3, 0.4) is 0 Å². The van der Waals surface area contributed by atoms with E-state index in [1.807, 2.05) is 61.5 Å². The van der Waals surface area contributed by atoms with Crippen molar-refractivity contribution in [2.45, 2.75) is 12.5 Å². The number of nitrogens with two attached hydrogens (primary N) is 1. The molecule has 3 aromatic carbocycles. The molecule has 0 bridgehead atoms. The number of aromatic nitrogens is 1. The van der Waals surface area contributed by atoms with E-state index >= 15 is 0 Å². The Hall–Kier alpha value is -4.26. The van der Waals surface area contributed by atoms with Gasteiger partial charge in [0.15, 0.2) is 5.78 Å². The van der Waals surface area contributed by atoms with E-state index in [1.54, 1.807) is 37.4 Å². The van der Waals surface area contributed by atoms with E-state index in [9.17, 15) is 14.7 Å². The SMILES string of the molecule is CN(C)c1ccc(C(CC(=O)c2c(O)c3ccccc3n(C)c2=O)Nc2ccccc2N)cc1. The third-order valence-electron chi connectivity index (χ3n) is 6.05. The van der Waals surface area contributed by atoms with Gasteiger partial charge in [-0.05, 0) is 42.0 Å². The third-order valence-corrected chi connectivity index (χ3v) is 6.05. The fraction of sp³-hybridized carbons (Fsp3) is 0.185. The van der Waals surface area contributed by atoms with Gasteiger partial charge in [0.2, 0.25) is 0 Å².